The average Bonchev–Trinajstić information content (AvgIpc) is 3.10. The van der Waals surface area contributed by atoms with Gasteiger partial charge in [-0.25, -0.2) is 35.9 Å². The minimum Gasteiger partial charge on any atom is -0.487 e. The molecule has 1 fully saturated rings. The summed E-state index contributed by atoms with van der Waals surface area (Å²) in [6.07, 6.45) is -1.01. The summed E-state index contributed by atoms with van der Waals surface area (Å²) in [4.78, 5) is 30.6. The molecular weight excluding hydrogens is 513 g/mol. The third kappa shape index (κ3) is 5.50. The van der Waals surface area contributed by atoms with Gasteiger partial charge >= 0.3 is 5.69 Å². The van der Waals surface area contributed by atoms with E-state index in [1.165, 1.54) is 29.0 Å². The molecule has 3 heterocycles. The van der Waals surface area contributed by atoms with Crippen LogP contribution in [0.25, 0.3) is 16.9 Å². The number of halogens is 3. The molecular formula is C24H27F3N4O5S. The standard InChI is InChI=1S/C24H27F3N4O5S/c1-14(2)30-18-11-16(22(32)29-24(3)5-8-37(34,35)9-6-24)17(25)12-19(18)31(23(30)33)21-10-15(4-7-28-21)36-13-20(26)27/h4,7,10-12,14,20H,5-6,8-9,13H2,1-3H3,(H,29,32). The highest BCUT2D eigenvalue weighted by atomic mass is 32.2. The van der Waals surface area contributed by atoms with Gasteiger partial charge in [0, 0.05) is 29.9 Å². The van der Waals surface area contributed by atoms with Crippen LogP contribution in [0.3, 0.4) is 0 Å². The molecule has 37 heavy (non-hydrogen) atoms. The fraction of sp³-hybridized carbons (Fsp3) is 0.458. The van der Waals surface area contributed by atoms with E-state index in [1.54, 1.807) is 20.8 Å². The molecule has 1 aliphatic rings. The molecule has 0 atom stereocenters. The number of pyridine rings is 1. The summed E-state index contributed by atoms with van der Waals surface area (Å²) in [7, 11) is -3.16. The molecule has 9 nitrogen and oxygen atoms in total. The largest absolute Gasteiger partial charge is 0.487 e. The van der Waals surface area contributed by atoms with E-state index in [0.717, 1.165) is 10.6 Å². The topological polar surface area (TPSA) is 112 Å². The van der Waals surface area contributed by atoms with E-state index < -0.39 is 45.8 Å². The Bertz CT molecular complexity index is 1500. The van der Waals surface area contributed by atoms with Crippen molar-refractivity contribution in [2.75, 3.05) is 18.1 Å². The van der Waals surface area contributed by atoms with Gasteiger partial charge in [-0.3, -0.25) is 9.36 Å². The highest BCUT2D eigenvalue weighted by Crippen LogP contribution is 2.27. The Kier molecular flexibility index (Phi) is 7.10. The number of nitrogens with one attached hydrogen (secondary N) is 1. The SMILES string of the molecule is CC(C)n1c(=O)n(-c2cc(OCC(F)F)ccn2)c2cc(F)c(C(=O)NC3(C)CCS(=O)(=O)CC3)cc21. The van der Waals surface area contributed by atoms with Crippen molar-refractivity contribution in [3.8, 4) is 11.6 Å². The van der Waals surface area contributed by atoms with Crippen molar-refractivity contribution < 1.29 is 31.1 Å². The minimum atomic E-state index is -3.16. The van der Waals surface area contributed by atoms with Crippen molar-refractivity contribution in [3.05, 3.63) is 52.3 Å². The van der Waals surface area contributed by atoms with Crippen molar-refractivity contribution in [1.82, 2.24) is 19.4 Å². The summed E-state index contributed by atoms with van der Waals surface area (Å²) >= 11 is 0. The van der Waals surface area contributed by atoms with Crippen molar-refractivity contribution in [3.63, 3.8) is 0 Å². The molecule has 2 aromatic heterocycles. The van der Waals surface area contributed by atoms with Gasteiger partial charge in [0.05, 0.1) is 28.1 Å². The molecule has 0 aliphatic carbocycles. The molecule has 1 saturated heterocycles. The van der Waals surface area contributed by atoms with Crippen LogP contribution < -0.4 is 15.7 Å². The van der Waals surface area contributed by atoms with Gasteiger partial charge in [0.15, 0.2) is 0 Å². The second kappa shape index (κ2) is 9.84. The zero-order valence-corrected chi connectivity index (χ0v) is 21.3. The van der Waals surface area contributed by atoms with E-state index in [9.17, 15) is 26.8 Å². The monoisotopic (exact) mass is 540 g/mol. The van der Waals surface area contributed by atoms with Gasteiger partial charge in [-0.2, -0.15) is 0 Å². The maximum atomic E-state index is 15.3. The number of hydrogen-bond acceptors (Lipinski definition) is 6. The van der Waals surface area contributed by atoms with Crippen LogP contribution in [0.5, 0.6) is 5.75 Å². The molecule has 0 spiro atoms. The number of hydrogen-bond donors (Lipinski definition) is 1. The second-order valence-corrected chi connectivity index (χ2v) is 11.9. The Morgan fingerprint density at radius 2 is 1.86 bits per heavy atom. The van der Waals surface area contributed by atoms with Crippen LogP contribution in [0.15, 0.2) is 35.3 Å². The maximum Gasteiger partial charge on any atom is 0.335 e. The number of nitrogens with zero attached hydrogens (tertiary/aromatic N) is 3. The van der Waals surface area contributed by atoms with Crippen LogP contribution in [0.1, 0.15) is 50.0 Å². The van der Waals surface area contributed by atoms with Gasteiger partial charge in [0.1, 0.15) is 33.8 Å². The highest BCUT2D eigenvalue weighted by molar-refractivity contribution is 7.91. The molecule has 4 rings (SSSR count). The first-order valence-electron chi connectivity index (χ1n) is 11.7. The Labute approximate surface area is 211 Å². The lowest BCUT2D eigenvalue weighted by Crippen LogP contribution is -2.51. The minimum absolute atomic E-state index is 0.0358. The van der Waals surface area contributed by atoms with Crippen LogP contribution >= 0.6 is 0 Å². The number of alkyl halides is 2. The predicted octanol–water partition coefficient (Wildman–Crippen LogP) is 3.25. The quantitative estimate of drug-likeness (QED) is 0.493. The van der Waals surface area contributed by atoms with Crippen molar-refractivity contribution in [2.24, 2.45) is 0 Å². The molecule has 0 saturated carbocycles. The first-order valence-corrected chi connectivity index (χ1v) is 13.5. The van der Waals surface area contributed by atoms with Gasteiger partial charge in [-0.1, -0.05) is 0 Å². The van der Waals surface area contributed by atoms with Gasteiger partial charge in [-0.05, 0) is 45.7 Å². The molecule has 1 N–H and O–H groups in total. The molecule has 0 unspecified atom stereocenters. The highest BCUT2D eigenvalue weighted by Gasteiger charge is 2.35. The van der Waals surface area contributed by atoms with E-state index in [0.29, 0.717) is 0 Å². The summed E-state index contributed by atoms with van der Waals surface area (Å²) in [5.74, 6) is -1.67. The Morgan fingerprint density at radius 1 is 1.19 bits per heavy atom. The zero-order valence-electron chi connectivity index (χ0n) is 20.5. The van der Waals surface area contributed by atoms with E-state index >= 15 is 4.39 Å². The van der Waals surface area contributed by atoms with Crippen LogP contribution in [0.2, 0.25) is 0 Å². The molecule has 0 radical (unpaired) electrons. The normalized spacial score (nSPS) is 16.9. The molecule has 3 aromatic rings. The fourth-order valence-corrected chi connectivity index (χ4v) is 6.08. The van der Waals surface area contributed by atoms with Crippen LogP contribution in [-0.2, 0) is 9.84 Å². The van der Waals surface area contributed by atoms with Crippen molar-refractivity contribution in [2.45, 2.75) is 51.6 Å². The van der Waals surface area contributed by atoms with Gasteiger partial charge < -0.3 is 10.1 Å². The molecule has 1 aromatic carbocycles. The van der Waals surface area contributed by atoms with Gasteiger partial charge in [0.25, 0.3) is 12.3 Å². The maximum absolute atomic E-state index is 15.3. The Balaban J connectivity index is 1.76. The first-order chi connectivity index (χ1) is 17.3. The first kappa shape index (κ1) is 26.7. The number of ether oxygens (including phenoxy) is 1. The molecule has 1 amide bonds. The van der Waals surface area contributed by atoms with E-state index in [4.69, 9.17) is 4.74 Å². The second-order valence-electron chi connectivity index (χ2n) is 9.62. The summed E-state index contributed by atoms with van der Waals surface area (Å²) < 4.78 is 71.5. The Hall–Kier alpha value is -3.35. The lowest BCUT2D eigenvalue weighted by Gasteiger charge is -2.34. The van der Waals surface area contributed by atoms with Crippen LogP contribution in [-0.4, -0.2) is 58.5 Å². The fourth-order valence-electron chi connectivity index (χ4n) is 4.36. The number of amides is 1. The molecule has 0 bridgehead atoms. The van der Waals surface area contributed by atoms with E-state index in [1.807, 2.05) is 0 Å². The van der Waals surface area contributed by atoms with E-state index in [2.05, 4.69) is 10.3 Å². The number of benzene rings is 1. The summed E-state index contributed by atoms with van der Waals surface area (Å²) in [5.41, 5.74) is -1.29. The average molecular weight is 541 g/mol. The summed E-state index contributed by atoms with van der Waals surface area (Å²) in [5, 5.41) is 2.76. The van der Waals surface area contributed by atoms with Crippen molar-refractivity contribution in [1.29, 1.82) is 0 Å². The van der Waals surface area contributed by atoms with Crippen molar-refractivity contribution >= 4 is 26.8 Å². The number of fused-ring (bicyclic) bond motifs is 1. The zero-order chi connectivity index (χ0) is 27.1. The number of imidazole rings is 1. The van der Waals surface area contributed by atoms with Gasteiger partial charge in [0.2, 0.25) is 0 Å². The Morgan fingerprint density at radius 3 is 2.49 bits per heavy atom. The van der Waals surface area contributed by atoms with E-state index in [-0.39, 0.29) is 58.6 Å². The van der Waals surface area contributed by atoms with Crippen LogP contribution in [0, 0.1) is 5.82 Å². The molecule has 13 heteroatoms. The molecule has 1 aliphatic heterocycles. The third-order valence-electron chi connectivity index (χ3n) is 6.39. The number of sulfone groups is 1. The lowest BCUT2D eigenvalue weighted by atomic mass is 9.94. The van der Waals surface area contributed by atoms with Crippen LogP contribution in [0.4, 0.5) is 13.2 Å². The molecule has 200 valence electrons. The number of carbonyl (C=O) groups excluding carboxylic acids is 1. The summed E-state index contributed by atoms with van der Waals surface area (Å²) in [6.45, 7) is 4.36. The third-order valence-corrected chi connectivity index (χ3v) is 8.04. The lowest BCUT2D eigenvalue weighted by molar-refractivity contribution is 0.0818. The van der Waals surface area contributed by atoms with Gasteiger partial charge in [-0.15, -0.1) is 0 Å². The smallest absolute Gasteiger partial charge is 0.335 e. The number of aromatic nitrogens is 3. The number of carbonyl (C=O) groups is 1. The summed E-state index contributed by atoms with van der Waals surface area (Å²) in [6, 6.07) is 4.60. The number of rotatable bonds is 7. The predicted molar refractivity (Wildman–Crippen MR) is 131 cm³/mol.